The van der Waals surface area contributed by atoms with Crippen LogP contribution in [-0.4, -0.2) is 8.07 Å². The van der Waals surface area contributed by atoms with Gasteiger partial charge < -0.3 is 0 Å². The maximum atomic E-state index is 2.61. The maximum absolute atomic E-state index is 2.61. The average Bonchev–Trinajstić information content (AvgIpc) is 3.52. The Labute approximate surface area is 279 Å². The van der Waals surface area contributed by atoms with E-state index in [4.69, 9.17) is 0 Å². The summed E-state index contributed by atoms with van der Waals surface area (Å²) in [5.74, 6) is 1.25. The van der Waals surface area contributed by atoms with Gasteiger partial charge in [-0.25, -0.2) is 0 Å². The first-order valence-corrected chi connectivity index (χ1v) is 20.5. The minimum absolute atomic E-state index is 0.150. The Balaban J connectivity index is 1.41. The highest BCUT2D eigenvalue weighted by atomic mass is 28.3. The zero-order valence-corrected chi connectivity index (χ0v) is 31.2. The SMILES string of the molecule is CC1=C(C)C(C2C(C(C)C)=C3c4c2ccc(c4-c2ccc(C(C)(C)C)cc2)[Si]3(C)C)c2cccc(-c3ccc(C(C)(C)C)cc3)c21. The molecule has 0 fully saturated rings. The molecular weight excluding hydrogens is 569 g/mol. The molecule has 0 N–H and O–H groups in total. The molecule has 7 rings (SSSR count). The van der Waals surface area contributed by atoms with Crippen LogP contribution in [0.4, 0.5) is 0 Å². The summed E-state index contributed by atoms with van der Waals surface area (Å²) in [5, 5.41) is 3.36. The van der Waals surface area contributed by atoms with Crippen LogP contribution in [0.3, 0.4) is 0 Å². The van der Waals surface area contributed by atoms with Crippen molar-refractivity contribution >= 4 is 24.0 Å². The number of benzene rings is 4. The summed E-state index contributed by atoms with van der Waals surface area (Å²) >= 11 is 0. The first-order chi connectivity index (χ1) is 21.5. The van der Waals surface area contributed by atoms with Crippen LogP contribution < -0.4 is 5.19 Å². The molecule has 46 heavy (non-hydrogen) atoms. The predicted molar refractivity (Wildman–Crippen MR) is 204 cm³/mol. The summed E-state index contributed by atoms with van der Waals surface area (Å²) in [4.78, 5) is 0. The Bertz CT molecular complexity index is 1940. The zero-order valence-electron chi connectivity index (χ0n) is 30.2. The van der Waals surface area contributed by atoms with Crippen LogP contribution in [0.15, 0.2) is 90.0 Å². The molecule has 4 aromatic carbocycles. The largest absolute Gasteiger partial charge is 0.113 e. The van der Waals surface area contributed by atoms with E-state index in [2.05, 4.69) is 161 Å². The molecule has 2 unspecified atom stereocenters. The van der Waals surface area contributed by atoms with E-state index in [-0.39, 0.29) is 10.8 Å². The lowest BCUT2D eigenvalue weighted by molar-refractivity contribution is 0.590. The van der Waals surface area contributed by atoms with Gasteiger partial charge in [0.2, 0.25) is 0 Å². The van der Waals surface area contributed by atoms with Crippen LogP contribution in [0.5, 0.6) is 0 Å². The van der Waals surface area contributed by atoms with Crippen LogP contribution in [0.25, 0.3) is 33.0 Å². The van der Waals surface area contributed by atoms with Crippen molar-refractivity contribution in [3.63, 3.8) is 0 Å². The molecule has 1 aliphatic heterocycles. The monoisotopic (exact) mass is 620 g/mol. The molecule has 0 saturated heterocycles. The molecule has 0 aromatic heterocycles. The number of fused-ring (bicyclic) bond motifs is 2. The number of hydrogen-bond acceptors (Lipinski definition) is 0. The highest BCUT2D eigenvalue weighted by Crippen LogP contribution is 2.62. The Morgan fingerprint density at radius 3 is 1.67 bits per heavy atom. The van der Waals surface area contributed by atoms with Gasteiger partial charge in [0.25, 0.3) is 0 Å². The summed E-state index contributed by atoms with van der Waals surface area (Å²) in [6, 6.07) is 31.1. The predicted octanol–water partition coefficient (Wildman–Crippen LogP) is 12.2. The van der Waals surface area contributed by atoms with Crippen molar-refractivity contribution in [2.24, 2.45) is 5.92 Å². The van der Waals surface area contributed by atoms with Crippen molar-refractivity contribution in [3.8, 4) is 22.3 Å². The fourth-order valence-corrected chi connectivity index (χ4v) is 12.8. The van der Waals surface area contributed by atoms with Gasteiger partial charge >= 0.3 is 0 Å². The molecule has 1 heterocycles. The third kappa shape index (κ3) is 4.44. The van der Waals surface area contributed by atoms with Gasteiger partial charge in [-0.3, -0.25) is 0 Å². The molecule has 0 radical (unpaired) electrons. The number of hydrogen-bond donors (Lipinski definition) is 0. The van der Waals surface area contributed by atoms with E-state index in [9.17, 15) is 0 Å². The van der Waals surface area contributed by atoms with Gasteiger partial charge in [0.05, 0.1) is 0 Å². The maximum Gasteiger partial charge on any atom is 0.113 e. The van der Waals surface area contributed by atoms with Crippen molar-refractivity contribution in [2.45, 2.75) is 105 Å². The van der Waals surface area contributed by atoms with Crippen LogP contribution in [-0.2, 0) is 10.8 Å². The Kier molecular flexibility index (Phi) is 6.97. The van der Waals surface area contributed by atoms with Crippen molar-refractivity contribution in [1.29, 1.82) is 0 Å². The molecule has 0 saturated carbocycles. The molecule has 236 valence electrons. The third-order valence-corrected chi connectivity index (χ3v) is 15.2. The molecule has 0 nitrogen and oxygen atoms in total. The minimum Gasteiger partial charge on any atom is -0.0616 e. The van der Waals surface area contributed by atoms with Gasteiger partial charge in [-0.2, -0.15) is 0 Å². The van der Waals surface area contributed by atoms with Gasteiger partial charge in [-0.15, -0.1) is 0 Å². The lowest BCUT2D eigenvalue weighted by atomic mass is 9.74. The lowest BCUT2D eigenvalue weighted by Gasteiger charge is -2.32. The minimum atomic E-state index is -1.89. The van der Waals surface area contributed by atoms with Gasteiger partial charge in [0.15, 0.2) is 0 Å². The first-order valence-electron chi connectivity index (χ1n) is 17.5. The van der Waals surface area contributed by atoms with Crippen molar-refractivity contribution in [3.05, 3.63) is 123 Å². The van der Waals surface area contributed by atoms with Crippen LogP contribution in [0.1, 0.15) is 114 Å². The molecular formula is C45H52Si. The standard InChI is InChI=1S/C45H52Si/c1-26(2)37-41(35-24-25-36-40(42(35)43(37)46(36,11)12)30-18-22-32(23-19-30)45(8,9)10)39-28(4)27(3)38-33(14-13-15-34(38)39)29-16-20-31(21-17-29)44(5,6)7/h13-26,39,41H,1-12H3. The van der Waals surface area contributed by atoms with Crippen LogP contribution in [0, 0.1) is 5.92 Å². The number of allylic oxidation sites excluding steroid dienone is 3. The average molecular weight is 621 g/mol. The second kappa shape index (κ2) is 10.3. The third-order valence-electron chi connectivity index (χ3n) is 11.7. The summed E-state index contributed by atoms with van der Waals surface area (Å²) in [6.07, 6.45) is 0. The number of rotatable bonds is 4. The molecule has 4 aromatic rings. The highest BCUT2D eigenvalue weighted by Gasteiger charge is 2.52. The van der Waals surface area contributed by atoms with Crippen molar-refractivity contribution in [2.75, 3.05) is 0 Å². The molecule has 0 amide bonds. The van der Waals surface area contributed by atoms with Gasteiger partial charge in [0.1, 0.15) is 8.07 Å². The Morgan fingerprint density at radius 1 is 0.587 bits per heavy atom. The topological polar surface area (TPSA) is 0 Å². The molecule has 2 aliphatic carbocycles. The Hall–Kier alpha value is -3.42. The van der Waals surface area contributed by atoms with Gasteiger partial charge in [-0.1, -0.05) is 158 Å². The molecule has 2 atom stereocenters. The van der Waals surface area contributed by atoms with E-state index < -0.39 is 8.07 Å². The van der Waals surface area contributed by atoms with E-state index in [1.54, 1.807) is 32.7 Å². The normalized spacial score (nSPS) is 19.9. The first kappa shape index (κ1) is 31.2. The van der Waals surface area contributed by atoms with Crippen molar-refractivity contribution < 1.29 is 0 Å². The smallest absolute Gasteiger partial charge is 0.0616 e. The van der Waals surface area contributed by atoms with Crippen LogP contribution >= 0.6 is 0 Å². The molecule has 1 heteroatoms. The van der Waals surface area contributed by atoms with Crippen molar-refractivity contribution in [1.82, 2.24) is 0 Å². The van der Waals surface area contributed by atoms with E-state index in [0.717, 1.165) is 0 Å². The fourth-order valence-electron chi connectivity index (χ4n) is 9.12. The highest BCUT2D eigenvalue weighted by molar-refractivity contribution is 7.07. The Morgan fingerprint density at radius 2 is 1.13 bits per heavy atom. The molecule has 3 aliphatic rings. The van der Waals surface area contributed by atoms with E-state index in [1.165, 1.54) is 50.1 Å². The van der Waals surface area contributed by atoms with E-state index >= 15 is 0 Å². The summed E-state index contributed by atoms with van der Waals surface area (Å²) in [5.41, 5.74) is 19.6. The lowest BCUT2D eigenvalue weighted by Crippen LogP contribution is -2.40. The van der Waals surface area contributed by atoms with Crippen LogP contribution in [0.2, 0.25) is 13.1 Å². The van der Waals surface area contributed by atoms with E-state index in [1.807, 2.05) is 0 Å². The molecule has 2 bridgehead atoms. The second-order valence-electron chi connectivity index (χ2n) is 17.3. The van der Waals surface area contributed by atoms with E-state index in [0.29, 0.717) is 17.8 Å². The summed E-state index contributed by atoms with van der Waals surface area (Å²) in [7, 11) is -1.89. The fraction of sp³-hybridized carbons (Fsp3) is 0.378. The van der Waals surface area contributed by atoms with Gasteiger partial charge in [0, 0.05) is 11.8 Å². The molecule has 0 spiro atoms. The summed E-state index contributed by atoms with van der Waals surface area (Å²) < 4.78 is 0. The quantitative estimate of drug-likeness (QED) is 0.199. The zero-order chi connectivity index (χ0) is 33.1. The second-order valence-corrected chi connectivity index (χ2v) is 21.5. The van der Waals surface area contributed by atoms with Gasteiger partial charge in [-0.05, 0) is 102 Å². The summed E-state index contributed by atoms with van der Waals surface area (Å²) in [6.45, 7) is 28.8.